The molecule has 0 saturated carbocycles. The second-order valence-corrected chi connectivity index (χ2v) is 4.90. The predicted molar refractivity (Wildman–Crippen MR) is 81.4 cm³/mol. The molecule has 1 aromatic heterocycles. The summed E-state index contributed by atoms with van der Waals surface area (Å²) >= 11 is 0. The van der Waals surface area contributed by atoms with Crippen LogP contribution in [0, 0.1) is 0 Å². The summed E-state index contributed by atoms with van der Waals surface area (Å²) < 4.78 is 7.60. The number of nitrogens with one attached hydrogen (secondary N) is 1. The lowest BCUT2D eigenvalue weighted by Gasteiger charge is -2.10. The van der Waals surface area contributed by atoms with Gasteiger partial charge >= 0.3 is 5.69 Å². The first-order valence-corrected chi connectivity index (χ1v) is 6.60. The number of benzene rings is 1. The smallest absolute Gasteiger partial charge is 0.330 e. The largest absolute Gasteiger partial charge is 0.381 e. The van der Waals surface area contributed by atoms with Crippen molar-refractivity contribution in [3.05, 3.63) is 62.4 Å². The number of hydrogen-bond donors (Lipinski definition) is 1. The first-order chi connectivity index (χ1) is 10.0. The van der Waals surface area contributed by atoms with Crippen LogP contribution in [0.1, 0.15) is 11.1 Å². The van der Waals surface area contributed by atoms with Gasteiger partial charge in [0.25, 0.3) is 5.56 Å². The highest BCUT2D eigenvalue weighted by Gasteiger charge is 2.06. The van der Waals surface area contributed by atoms with Gasteiger partial charge in [0.05, 0.1) is 12.2 Å². The lowest BCUT2D eigenvalue weighted by Crippen LogP contribution is -2.38. The van der Waals surface area contributed by atoms with Gasteiger partial charge in [-0.2, -0.15) is 0 Å². The number of aryl methyl sites for hydroxylation is 1. The number of ether oxygens (including phenoxy) is 1. The van der Waals surface area contributed by atoms with Gasteiger partial charge in [0, 0.05) is 39.6 Å². The van der Waals surface area contributed by atoms with Gasteiger partial charge in [0.15, 0.2) is 0 Å². The monoisotopic (exact) mass is 289 g/mol. The van der Waals surface area contributed by atoms with Crippen LogP contribution in [0.2, 0.25) is 0 Å². The Bertz CT molecular complexity index is 747. The van der Waals surface area contributed by atoms with Gasteiger partial charge in [-0.05, 0) is 17.7 Å². The molecule has 1 aromatic carbocycles. The van der Waals surface area contributed by atoms with Gasteiger partial charge in [-0.25, -0.2) is 4.79 Å². The predicted octanol–water partition coefficient (Wildman–Crippen LogP) is 0.842. The summed E-state index contributed by atoms with van der Waals surface area (Å²) in [4.78, 5) is 23.6. The number of aromatic nitrogens is 2. The Morgan fingerprint density at radius 2 is 2.00 bits per heavy atom. The van der Waals surface area contributed by atoms with E-state index in [1.165, 1.54) is 11.6 Å². The average Bonchev–Trinajstić information content (AvgIpc) is 2.48. The van der Waals surface area contributed by atoms with E-state index < -0.39 is 0 Å². The maximum Gasteiger partial charge on any atom is 0.330 e. The fraction of sp³-hybridized carbons (Fsp3) is 0.333. The summed E-state index contributed by atoms with van der Waals surface area (Å²) in [5.41, 5.74) is 1.89. The Balaban J connectivity index is 2.19. The van der Waals surface area contributed by atoms with Gasteiger partial charge in [0.2, 0.25) is 0 Å². The number of hydrogen-bond acceptors (Lipinski definition) is 4. The highest BCUT2D eigenvalue weighted by atomic mass is 16.5. The van der Waals surface area contributed by atoms with Crippen molar-refractivity contribution in [2.45, 2.75) is 13.2 Å². The van der Waals surface area contributed by atoms with Crippen LogP contribution in [0.3, 0.4) is 0 Å². The molecule has 112 valence electrons. The van der Waals surface area contributed by atoms with Gasteiger partial charge in [-0.1, -0.05) is 12.1 Å². The molecule has 0 aliphatic carbocycles. The number of methoxy groups -OCH3 is 1. The van der Waals surface area contributed by atoms with E-state index in [0.29, 0.717) is 18.7 Å². The van der Waals surface area contributed by atoms with E-state index in [1.54, 1.807) is 20.4 Å². The van der Waals surface area contributed by atoms with Gasteiger partial charge in [-0.3, -0.25) is 9.36 Å². The highest BCUT2D eigenvalue weighted by molar-refractivity contribution is 5.45. The van der Waals surface area contributed by atoms with Crippen molar-refractivity contribution < 1.29 is 4.74 Å². The molecule has 6 heteroatoms. The zero-order valence-electron chi connectivity index (χ0n) is 12.4. The van der Waals surface area contributed by atoms with E-state index in [4.69, 9.17) is 4.74 Å². The number of anilines is 1. The molecule has 0 amide bonds. The quantitative estimate of drug-likeness (QED) is 0.886. The molecule has 21 heavy (non-hydrogen) atoms. The summed E-state index contributed by atoms with van der Waals surface area (Å²) in [5.74, 6) is 0. The zero-order chi connectivity index (χ0) is 15.4. The lowest BCUT2D eigenvalue weighted by atomic mass is 10.2. The van der Waals surface area contributed by atoms with Crippen molar-refractivity contribution in [2.75, 3.05) is 12.4 Å². The first kappa shape index (κ1) is 15.1. The minimum atomic E-state index is -0.328. The first-order valence-electron chi connectivity index (χ1n) is 6.60. The molecule has 6 nitrogen and oxygen atoms in total. The minimum Gasteiger partial charge on any atom is -0.381 e. The van der Waals surface area contributed by atoms with Crippen LogP contribution in [0.15, 0.2) is 40.1 Å². The third kappa shape index (κ3) is 3.41. The molecule has 1 heterocycles. The summed E-state index contributed by atoms with van der Waals surface area (Å²) in [6, 6.07) is 7.79. The fourth-order valence-corrected chi connectivity index (χ4v) is 2.14. The topological polar surface area (TPSA) is 65.3 Å². The maximum atomic E-state index is 12.0. The Morgan fingerprint density at radius 1 is 1.24 bits per heavy atom. The second kappa shape index (κ2) is 6.41. The zero-order valence-corrected chi connectivity index (χ0v) is 12.4. The Kier molecular flexibility index (Phi) is 4.59. The average molecular weight is 289 g/mol. The van der Waals surface area contributed by atoms with Crippen LogP contribution in [0.4, 0.5) is 5.69 Å². The van der Waals surface area contributed by atoms with Crippen molar-refractivity contribution in [2.24, 2.45) is 14.1 Å². The molecule has 0 fully saturated rings. The molecule has 2 rings (SSSR count). The molecule has 0 radical (unpaired) electrons. The summed E-state index contributed by atoms with van der Waals surface area (Å²) in [7, 11) is 4.76. The van der Waals surface area contributed by atoms with E-state index in [-0.39, 0.29) is 11.2 Å². The van der Waals surface area contributed by atoms with E-state index in [1.807, 2.05) is 24.3 Å². The van der Waals surface area contributed by atoms with E-state index in [2.05, 4.69) is 5.32 Å². The molecule has 0 atom stereocenters. The lowest BCUT2D eigenvalue weighted by molar-refractivity contribution is 0.185. The summed E-state index contributed by atoms with van der Waals surface area (Å²) in [5, 5.41) is 3.19. The molecular weight excluding hydrogens is 270 g/mol. The summed E-state index contributed by atoms with van der Waals surface area (Å²) in [6.45, 7) is 0.897. The standard InChI is InChI=1S/C15H19N3O3/c1-17-9-12(14(19)18(2)15(17)20)8-16-13-6-4-5-11(7-13)10-21-3/h4-7,9,16H,8,10H2,1-3H3. The van der Waals surface area contributed by atoms with E-state index >= 15 is 0 Å². The molecular formula is C15H19N3O3. The van der Waals surface area contributed by atoms with Crippen LogP contribution in [-0.2, 0) is 32.0 Å². The Morgan fingerprint density at radius 3 is 2.71 bits per heavy atom. The van der Waals surface area contributed by atoms with E-state index in [0.717, 1.165) is 15.8 Å². The van der Waals surface area contributed by atoms with Crippen molar-refractivity contribution in [1.82, 2.24) is 9.13 Å². The molecule has 2 aromatic rings. The minimum absolute atomic E-state index is 0.279. The van der Waals surface area contributed by atoms with Gasteiger partial charge in [-0.15, -0.1) is 0 Å². The van der Waals surface area contributed by atoms with Gasteiger partial charge in [0.1, 0.15) is 0 Å². The third-order valence-electron chi connectivity index (χ3n) is 3.24. The number of nitrogens with zero attached hydrogens (tertiary/aromatic N) is 2. The van der Waals surface area contributed by atoms with E-state index in [9.17, 15) is 9.59 Å². The van der Waals surface area contributed by atoms with Gasteiger partial charge < -0.3 is 14.6 Å². The number of rotatable bonds is 5. The molecule has 0 unspecified atom stereocenters. The SMILES string of the molecule is COCc1cccc(NCc2cn(C)c(=O)n(C)c2=O)c1. The van der Waals surface area contributed by atoms with Crippen molar-refractivity contribution in [1.29, 1.82) is 0 Å². The highest BCUT2D eigenvalue weighted by Crippen LogP contribution is 2.12. The fourth-order valence-electron chi connectivity index (χ4n) is 2.14. The Hall–Kier alpha value is -2.34. The van der Waals surface area contributed by atoms with Crippen molar-refractivity contribution in [3.63, 3.8) is 0 Å². The second-order valence-electron chi connectivity index (χ2n) is 4.90. The molecule has 0 aliphatic rings. The molecule has 0 bridgehead atoms. The van der Waals surface area contributed by atoms with Crippen LogP contribution < -0.4 is 16.6 Å². The van der Waals surface area contributed by atoms with Crippen molar-refractivity contribution >= 4 is 5.69 Å². The summed E-state index contributed by atoms with van der Waals surface area (Å²) in [6.07, 6.45) is 1.57. The van der Waals surface area contributed by atoms with Crippen LogP contribution in [0.25, 0.3) is 0 Å². The maximum absolute atomic E-state index is 12.0. The van der Waals surface area contributed by atoms with Crippen LogP contribution >= 0.6 is 0 Å². The molecule has 0 saturated heterocycles. The normalized spacial score (nSPS) is 10.6. The van der Waals surface area contributed by atoms with Crippen LogP contribution in [0.5, 0.6) is 0 Å². The molecule has 1 N–H and O–H groups in total. The Labute approximate surface area is 122 Å². The molecule has 0 spiro atoms. The van der Waals surface area contributed by atoms with Crippen molar-refractivity contribution in [3.8, 4) is 0 Å². The molecule has 0 aliphatic heterocycles. The third-order valence-corrected chi connectivity index (χ3v) is 3.24. The van der Waals surface area contributed by atoms with Crippen LogP contribution in [-0.4, -0.2) is 16.2 Å².